The quantitative estimate of drug-likeness (QED) is 0.381. The Balaban J connectivity index is 1.55. The molecular formula is C19H25NO2. The van der Waals surface area contributed by atoms with Gasteiger partial charge in [0.1, 0.15) is 6.61 Å². The van der Waals surface area contributed by atoms with Gasteiger partial charge in [-0.1, -0.05) is 43.2 Å². The highest BCUT2D eigenvalue weighted by atomic mass is 16.5. The van der Waals surface area contributed by atoms with Gasteiger partial charge in [0.15, 0.2) is 0 Å². The minimum absolute atomic E-state index is 0.220. The van der Waals surface area contributed by atoms with Gasteiger partial charge in [-0.2, -0.15) is 0 Å². The van der Waals surface area contributed by atoms with Crippen LogP contribution in [0.2, 0.25) is 0 Å². The van der Waals surface area contributed by atoms with E-state index < -0.39 is 0 Å². The summed E-state index contributed by atoms with van der Waals surface area (Å²) in [6.45, 7) is 2.92. The van der Waals surface area contributed by atoms with Crippen LogP contribution in [0.3, 0.4) is 0 Å². The lowest BCUT2D eigenvalue weighted by molar-refractivity contribution is -0.139. The van der Waals surface area contributed by atoms with Crippen LogP contribution in [0.1, 0.15) is 39.0 Å². The highest BCUT2D eigenvalue weighted by molar-refractivity contribution is 5.79. The normalized spacial score (nSPS) is 11.3. The first-order chi connectivity index (χ1) is 10.8. The minimum Gasteiger partial charge on any atom is -0.462 e. The van der Waals surface area contributed by atoms with Crippen LogP contribution in [0.25, 0.3) is 10.9 Å². The fourth-order valence-corrected chi connectivity index (χ4v) is 2.58. The number of rotatable bonds is 9. The molecule has 0 bridgehead atoms. The number of para-hydroxylation sites is 1. The van der Waals surface area contributed by atoms with Gasteiger partial charge in [0.05, 0.1) is 0 Å². The summed E-state index contributed by atoms with van der Waals surface area (Å²) in [5, 5.41) is 1.32. The highest BCUT2D eigenvalue weighted by Gasteiger charge is 1.99. The van der Waals surface area contributed by atoms with Crippen molar-refractivity contribution in [1.82, 2.24) is 4.57 Å². The van der Waals surface area contributed by atoms with Crippen molar-refractivity contribution in [3.63, 3.8) is 0 Å². The molecule has 3 heteroatoms. The van der Waals surface area contributed by atoms with Crippen molar-refractivity contribution in [3.05, 3.63) is 48.7 Å². The monoisotopic (exact) mass is 299 g/mol. The summed E-state index contributed by atoms with van der Waals surface area (Å²) in [4.78, 5) is 10.6. The van der Waals surface area contributed by atoms with E-state index in [0.717, 1.165) is 13.0 Å². The van der Waals surface area contributed by atoms with Crippen LogP contribution in [-0.2, 0) is 16.1 Å². The van der Waals surface area contributed by atoms with Crippen LogP contribution in [0, 0.1) is 0 Å². The summed E-state index contributed by atoms with van der Waals surface area (Å²) in [5.74, 6) is -0.220. The largest absolute Gasteiger partial charge is 0.462 e. The maximum Gasteiger partial charge on any atom is 0.302 e. The van der Waals surface area contributed by atoms with Crippen molar-refractivity contribution in [2.45, 2.75) is 45.6 Å². The second-order valence-corrected chi connectivity index (χ2v) is 5.54. The second-order valence-electron chi connectivity index (χ2n) is 5.54. The number of unbranched alkanes of at least 4 members (excludes halogenated alkanes) is 4. The Morgan fingerprint density at radius 1 is 1.09 bits per heavy atom. The van der Waals surface area contributed by atoms with E-state index in [-0.39, 0.29) is 5.97 Å². The predicted molar refractivity (Wildman–Crippen MR) is 90.8 cm³/mol. The maximum absolute atomic E-state index is 10.6. The zero-order valence-corrected chi connectivity index (χ0v) is 13.3. The lowest BCUT2D eigenvalue weighted by Gasteiger charge is -2.05. The Morgan fingerprint density at radius 2 is 1.91 bits per heavy atom. The van der Waals surface area contributed by atoms with Gasteiger partial charge in [-0.25, -0.2) is 0 Å². The molecule has 0 spiro atoms. The first-order valence-corrected chi connectivity index (χ1v) is 8.09. The number of aryl methyl sites for hydroxylation is 1. The number of hydrogen-bond donors (Lipinski definition) is 0. The fraction of sp³-hybridized carbons (Fsp3) is 0.421. The Morgan fingerprint density at radius 3 is 2.77 bits per heavy atom. The Kier molecular flexibility index (Phi) is 6.75. The Labute approximate surface area is 132 Å². The van der Waals surface area contributed by atoms with E-state index in [1.54, 1.807) is 0 Å². The summed E-state index contributed by atoms with van der Waals surface area (Å²) < 4.78 is 7.18. The number of benzene rings is 1. The zero-order valence-electron chi connectivity index (χ0n) is 13.3. The molecule has 0 saturated carbocycles. The van der Waals surface area contributed by atoms with Crippen LogP contribution >= 0.6 is 0 Å². The molecule has 2 rings (SSSR count). The Bertz CT molecular complexity index is 613. The van der Waals surface area contributed by atoms with Crippen LogP contribution < -0.4 is 0 Å². The SMILES string of the molecule is CC(=O)OC/C=C/CCCCCCn1ccc2ccccc21. The van der Waals surface area contributed by atoms with Crippen molar-refractivity contribution in [2.24, 2.45) is 0 Å². The third-order valence-corrected chi connectivity index (χ3v) is 3.75. The van der Waals surface area contributed by atoms with Crippen molar-refractivity contribution in [2.75, 3.05) is 6.61 Å². The number of carbonyl (C=O) groups excluding carboxylic acids is 1. The van der Waals surface area contributed by atoms with Crippen molar-refractivity contribution < 1.29 is 9.53 Å². The Hall–Kier alpha value is -2.03. The number of allylic oxidation sites excluding steroid dienone is 1. The van der Waals surface area contributed by atoms with Gasteiger partial charge in [0.2, 0.25) is 0 Å². The number of fused-ring (bicyclic) bond motifs is 1. The van der Waals surface area contributed by atoms with Crippen LogP contribution in [0.15, 0.2) is 48.7 Å². The summed E-state index contributed by atoms with van der Waals surface area (Å²) >= 11 is 0. The summed E-state index contributed by atoms with van der Waals surface area (Å²) in [7, 11) is 0. The average molecular weight is 299 g/mol. The molecular weight excluding hydrogens is 274 g/mol. The van der Waals surface area contributed by atoms with E-state index in [1.165, 1.54) is 43.5 Å². The lowest BCUT2D eigenvalue weighted by atomic mass is 10.1. The van der Waals surface area contributed by atoms with E-state index in [2.05, 4.69) is 47.2 Å². The molecule has 2 aromatic rings. The number of aromatic nitrogens is 1. The van der Waals surface area contributed by atoms with Crippen LogP contribution in [0.5, 0.6) is 0 Å². The van der Waals surface area contributed by atoms with Crippen molar-refractivity contribution in [1.29, 1.82) is 0 Å². The van der Waals surface area contributed by atoms with Gasteiger partial charge in [-0.05, 0) is 36.8 Å². The molecule has 0 radical (unpaired) electrons. The standard InChI is InChI=1S/C19H25NO2/c1-17(21)22-16-10-6-4-2-3-5-9-14-20-15-13-18-11-7-8-12-19(18)20/h6-8,10-13,15H,2-5,9,14,16H2,1H3/b10-6+. The maximum atomic E-state index is 10.6. The average Bonchev–Trinajstić information content (AvgIpc) is 2.92. The van der Waals surface area contributed by atoms with E-state index >= 15 is 0 Å². The van der Waals surface area contributed by atoms with Gasteiger partial charge in [0, 0.05) is 25.2 Å². The van der Waals surface area contributed by atoms with E-state index in [4.69, 9.17) is 4.74 Å². The fourth-order valence-electron chi connectivity index (χ4n) is 2.58. The molecule has 0 fully saturated rings. The summed E-state index contributed by atoms with van der Waals surface area (Å²) in [6.07, 6.45) is 12.2. The molecule has 0 unspecified atom stereocenters. The molecule has 1 aromatic heterocycles. The molecule has 0 aliphatic heterocycles. The van der Waals surface area contributed by atoms with Gasteiger partial charge in [-0.15, -0.1) is 0 Å². The molecule has 0 aliphatic carbocycles. The second kappa shape index (κ2) is 9.08. The predicted octanol–water partition coefficient (Wildman–Crippen LogP) is 4.71. The minimum atomic E-state index is -0.220. The molecule has 0 amide bonds. The van der Waals surface area contributed by atoms with Crippen LogP contribution in [-0.4, -0.2) is 17.1 Å². The van der Waals surface area contributed by atoms with Crippen molar-refractivity contribution >= 4 is 16.9 Å². The van der Waals surface area contributed by atoms with Crippen molar-refractivity contribution in [3.8, 4) is 0 Å². The zero-order chi connectivity index (χ0) is 15.6. The number of ether oxygens (including phenoxy) is 1. The summed E-state index contributed by atoms with van der Waals surface area (Å²) in [6, 6.07) is 10.7. The number of carbonyl (C=O) groups is 1. The molecule has 0 atom stereocenters. The molecule has 0 N–H and O–H groups in total. The van der Waals surface area contributed by atoms with E-state index in [1.807, 2.05) is 6.08 Å². The number of hydrogen-bond acceptors (Lipinski definition) is 2. The first kappa shape index (κ1) is 16.3. The lowest BCUT2D eigenvalue weighted by Crippen LogP contribution is -1.97. The topological polar surface area (TPSA) is 31.2 Å². The van der Waals surface area contributed by atoms with Gasteiger partial charge in [0.25, 0.3) is 0 Å². The van der Waals surface area contributed by atoms with Gasteiger partial charge < -0.3 is 9.30 Å². The third-order valence-electron chi connectivity index (χ3n) is 3.75. The molecule has 1 aromatic carbocycles. The van der Waals surface area contributed by atoms with Crippen LogP contribution in [0.4, 0.5) is 0 Å². The number of nitrogens with zero attached hydrogens (tertiary/aromatic N) is 1. The van der Waals surface area contributed by atoms with Gasteiger partial charge >= 0.3 is 5.97 Å². The molecule has 22 heavy (non-hydrogen) atoms. The molecule has 1 heterocycles. The van der Waals surface area contributed by atoms with E-state index in [9.17, 15) is 4.79 Å². The highest BCUT2D eigenvalue weighted by Crippen LogP contribution is 2.16. The molecule has 0 aliphatic rings. The van der Waals surface area contributed by atoms with Gasteiger partial charge in [-0.3, -0.25) is 4.79 Å². The first-order valence-electron chi connectivity index (χ1n) is 8.09. The number of esters is 1. The smallest absolute Gasteiger partial charge is 0.302 e. The third kappa shape index (κ3) is 5.40. The molecule has 0 saturated heterocycles. The summed E-state index contributed by atoms with van der Waals surface area (Å²) in [5.41, 5.74) is 1.33. The molecule has 3 nitrogen and oxygen atoms in total. The molecule has 118 valence electrons. The van der Waals surface area contributed by atoms with E-state index in [0.29, 0.717) is 6.61 Å².